The highest BCUT2D eigenvalue weighted by molar-refractivity contribution is 6.03. The Morgan fingerprint density at radius 1 is 1.19 bits per heavy atom. The zero-order valence-electron chi connectivity index (χ0n) is 15.7. The summed E-state index contributed by atoms with van der Waals surface area (Å²) in [5.41, 5.74) is 2.14. The van der Waals surface area contributed by atoms with E-state index in [1.54, 1.807) is 12.3 Å². The van der Waals surface area contributed by atoms with Gasteiger partial charge in [-0.25, -0.2) is 4.98 Å². The Labute approximate surface area is 155 Å². The van der Waals surface area contributed by atoms with Crippen LogP contribution in [0.5, 0.6) is 5.75 Å². The molecule has 1 aliphatic heterocycles. The van der Waals surface area contributed by atoms with E-state index in [1.165, 1.54) is 12.8 Å². The Balaban J connectivity index is 1.67. The summed E-state index contributed by atoms with van der Waals surface area (Å²) < 4.78 is 5.75. The molecule has 1 aliphatic rings. The SMILES string of the molecule is CC1CCN(c2ccc(C(=O)Nc3ccccc3OC(C)C)nc2)CC1. The van der Waals surface area contributed by atoms with Gasteiger partial charge >= 0.3 is 0 Å². The van der Waals surface area contributed by atoms with Crippen molar-refractivity contribution in [3.8, 4) is 5.75 Å². The van der Waals surface area contributed by atoms with Gasteiger partial charge in [0.15, 0.2) is 0 Å². The van der Waals surface area contributed by atoms with Gasteiger partial charge in [-0.3, -0.25) is 4.79 Å². The van der Waals surface area contributed by atoms with Crippen LogP contribution in [0.4, 0.5) is 11.4 Å². The number of benzene rings is 1. The first-order valence-corrected chi connectivity index (χ1v) is 9.31. The summed E-state index contributed by atoms with van der Waals surface area (Å²) in [5, 5.41) is 2.90. The maximum atomic E-state index is 12.5. The number of hydrogen-bond donors (Lipinski definition) is 1. The van der Waals surface area contributed by atoms with E-state index in [-0.39, 0.29) is 12.0 Å². The van der Waals surface area contributed by atoms with Crippen LogP contribution >= 0.6 is 0 Å². The summed E-state index contributed by atoms with van der Waals surface area (Å²) in [7, 11) is 0. The quantitative estimate of drug-likeness (QED) is 0.868. The van der Waals surface area contributed by atoms with Crippen molar-refractivity contribution in [3.63, 3.8) is 0 Å². The van der Waals surface area contributed by atoms with Crippen LogP contribution in [-0.4, -0.2) is 30.1 Å². The molecule has 0 saturated carbocycles. The highest BCUT2D eigenvalue weighted by Gasteiger charge is 2.17. The second-order valence-corrected chi connectivity index (χ2v) is 7.19. The number of aromatic nitrogens is 1. The van der Waals surface area contributed by atoms with E-state index in [4.69, 9.17) is 4.74 Å². The number of piperidine rings is 1. The zero-order valence-corrected chi connectivity index (χ0v) is 15.7. The molecule has 1 aromatic heterocycles. The maximum Gasteiger partial charge on any atom is 0.274 e. The van der Waals surface area contributed by atoms with Gasteiger partial charge in [-0.2, -0.15) is 0 Å². The zero-order chi connectivity index (χ0) is 18.5. The van der Waals surface area contributed by atoms with E-state index < -0.39 is 0 Å². The van der Waals surface area contributed by atoms with Crippen LogP contribution in [0.25, 0.3) is 0 Å². The number of carbonyl (C=O) groups excluding carboxylic acids is 1. The lowest BCUT2D eigenvalue weighted by Crippen LogP contribution is -2.32. The molecule has 2 heterocycles. The molecule has 1 fully saturated rings. The number of rotatable bonds is 5. The Bertz CT molecular complexity index is 735. The van der Waals surface area contributed by atoms with Crippen LogP contribution in [0.3, 0.4) is 0 Å². The van der Waals surface area contributed by atoms with Crippen molar-refractivity contribution >= 4 is 17.3 Å². The third kappa shape index (κ3) is 4.54. The van der Waals surface area contributed by atoms with Gasteiger partial charge in [0.25, 0.3) is 5.91 Å². The number of ether oxygens (including phenoxy) is 1. The fraction of sp³-hybridized carbons (Fsp3) is 0.429. The highest BCUT2D eigenvalue weighted by Crippen LogP contribution is 2.26. The molecule has 5 nitrogen and oxygen atoms in total. The molecule has 0 aliphatic carbocycles. The van der Waals surface area contributed by atoms with Gasteiger partial charge in [0, 0.05) is 13.1 Å². The molecule has 0 atom stereocenters. The molecule has 1 saturated heterocycles. The molecule has 0 spiro atoms. The van der Waals surface area contributed by atoms with Gasteiger partial charge in [-0.05, 0) is 56.9 Å². The number of nitrogens with zero attached hydrogens (tertiary/aromatic N) is 2. The number of para-hydroxylation sites is 2. The summed E-state index contributed by atoms with van der Waals surface area (Å²) in [6.45, 7) is 8.31. The minimum Gasteiger partial charge on any atom is -0.489 e. The van der Waals surface area contributed by atoms with Crippen molar-refractivity contribution in [1.82, 2.24) is 4.98 Å². The Kier molecular flexibility index (Phi) is 5.76. The second-order valence-electron chi connectivity index (χ2n) is 7.19. The van der Waals surface area contributed by atoms with Crippen LogP contribution in [0.15, 0.2) is 42.6 Å². The average Bonchev–Trinajstić information content (AvgIpc) is 2.64. The summed E-state index contributed by atoms with van der Waals surface area (Å²) in [5.74, 6) is 1.22. The van der Waals surface area contributed by atoms with E-state index in [0.717, 1.165) is 24.7 Å². The van der Waals surface area contributed by atoms with Crippen molar-refractivity contribution in [2.45, 2.75) is 39.7 Å². The molecule has 0 radical (unpaired) electrons. The van der Waals surface area contributed by atoms with E-state index in [0.29, 0.717) is 17.1 Å². The van der Waals surface area contributed by atoms with Crippen molar-refractivity contribution < 1.29 is 9.53 Å². The first-order chi connectivity index (χ1) is 12.5. The monoisotopic (exact) mass is 353 g/mol. The van der Waals surface area contributed by atoms with Gasteiger partial charge in [0.05, 0.1) is 23.7 Å². The fourth-order valence-electron chi connectivity index (χ4n) is 3.09. The molecule has 3 rings (SSSR count). The summed E-state index contributed by atoms with van der Waals surface area (Å²) >= 11 is 0. The first-order valence-electron chi connectivity index (χ1n) is 9.31. The van der Waals surface area contributed by atoms with Crippen molar-refractivity contribution in [2.75, 3.05) is 23.3 Å². The molecular formula is C21H27N3O2. The fourth-order valence-corrected chi connectivity index (χ4v) is 3.09. The van der Waals surface area contributed by atoms with Gasteiger partial charge in [-0.1, -0.05) is 19.1 Å². The minimum atomic E-state index is -0.233. The largest absolute Gasteiger partial charge is 0.489 e. The number of amides is 1. The lowest BCUT2D eigenvalue weighted by Gasteiger charge is -2.31. The Morgan fingerprint density at radius 3 is 2.58 bits per heavy atom. The molecule has 1 aromatic carbocycles. The first kappa shape index (κ1) is 18.2. The summed E-state index contributed by atoms with van der Waals surface area (Å²) in [6, 6.07) is 11.2. The Morgan fingerprint density at radius 2 is 1.92 bits per heavy atom. The van der Waals surface area contributed by atoms with Crippen LogP contribution in [0, 0.1) is 5.92 Å². The topological polar surface area (TPSA) is 54.5 Å². The molecular weight excluding hydrogens is 326 g/mol. The van der Waals surface area contributed by atoms with Gasteiger partial charge < -0.3 is 15.0 Å². The predicted molar refractivity (Wildman–Crippen MR) is 105 cm³/mol. The normalized spacial score (nSPS) is 15.2. The van der Waals surface area contributed by atoms with E-state index >= 15 is 0 Å². The average molecular weight is 353 g/mol. The number of anilines is 2. The van der Waals surface area contributed by atoms with Crippen molar-refractivity contribution in [3.05, 3.63) is 48.3 Å². The Hall–Kier alpha value is -2.56. The van der Waals surface area contributed by atoms with Gasteiger partial charge in [0.2, 0.25) is 0 Å². The molecule has 0 bridgehead atoms. The van der Waals surface area contributed by atoms with E-state index in [9.17, 15) is 4.79 Å². The third-order valence-corrected chi connectivity index (χ3v) is 4.63. The van der Waals surface area contributed by atoms with Crippen molar-refractivity contribution in [1.29, 1.82) is 0 Å². The minimum absolute atomic E-state index is 0.0396. The molecule has 1 N–H and O–H groups in total. The van der Waals surface area contributed by atoms with Crippen LogP contribution in [-0.2, 0) is 0 Å². The summed E-state index contributed by atoms with van der Waals surface area (Å²) in [4.78, 5) is 19.2. The summed E-state index contributed by atoms with van der Waals surface area (Å²) in [6.07, 6.45) is 4.24. The van der Waals surface area contributed by atoms with Gasteiger partial charge in [0.1, 0.15) is 11.4 Å². The third-order valence-electron chi connectivity index (χ3n) is 4.63. The molecule has 138 valence electrons. The van der Waals surface area contributed by atoms with Crippen LogP contribution in [0.1, 0.15) is 44.1 Å². The highest BCUT2D eigenvalue weighted by atomic mass is 16.5. The number of carbonyl (C=O) groups is 1. The molecule has 26 heavy (non-hydrogen) atoms. The maximum absolute atomic E-state index is 12.5. The lowest BCUT2D eigenvalue weighted by atomic mass is 9.99. The molecule has 5 heteroatoms. The standard InChI is InChI=1S/C21H27N3O2/c1-15(2)26-20-7-5-4-6-18(20)23-21(25)19-9-8-17(14-22-19)24-12-10-16(3)11-13-24/h4-9,14-16H,10-13H2,1-3H3,(H,23,25). The number of pyridine rings is 1. The van der Waals surface area contributed by atoms with Crippen LogP contribution < -0.4 is 15.0 Å². The molecule has 2 aromatic rings. The lowest BCUT2D eigenvalue weighted by molar-refractivity contribution is 0.102. The smallest absolute Gasteiger partial charge is 0.274 e. The predicted octanol–water partition coefficient (Wildman–Crippen LogP) is 4.36. The number of hydrogen-bond acceptors (Lipinski definition) is 4. The number of nitrogens with one attached hydrogen (secondary N) is 1. The van der Waals surface area contributed by atoms with E-state index in [2.05, 4.69) is 22.1 Å². The molecule has 1 amide bonds. The van der Waals surface area contributed by atoms with E-state index in [1.807, 2.05) is 44.2 Å². The van der Waals surface area contributed by atoms with Crippen LogP contribution in [0.2, 0.25) is 0 Å². The molecule has 0 unspecified atom stereocenters. The van der Waals surface area contributed by atoms with Gasteiger partial charge in [-0.15, -0.1) is 0 Å². The second kappa shape index (κ2) is 8.21. The van der Waals surface area contributed by atoms with Crippen molar-refractivity contribution in [2.24, 2.45) is 5.92 Å².